The first-order chi connectivity index (χ1) is 10.1. The van der Waals surface area contributed by atoms with E-state index in [1.54, 1.807) is 14.0 Å². The summed E-state index contributed by atoms with van der Waals surface area (Å²) in [5, 5.41) is 10.2. The predicted octanol–water partition coefficient (Wildman–Crippen LogP) is 3.37. The molecule has 0 spiro atoms. The second-order valence-electron chi connectivity index (χ2n) is 5.18. The van der Waals surface area contributed by atoms with Crippen LogP contribution in [0.25, 0.3) is 16.9 Å². The van der Waals surface area contributed by atoms with Gasteiger partial charge in [-0.1, -0.05) is 6.07 Å². The van der Waals surface area contributed by atoms with Gasteiger partial charge >= 0.3 is 0 Å². The Balaban J connectivity index is 2.23. The highest BCUT2D eigenvalue weighted by Crippen LogP contribution is 2.30. The number of imidazole rings is 1. The lowest BCUT2D eigenvalue weighted by Crippen LogP contribution is -1.99. The highest BCUT2D eigenvalue weighted by atomic mass is 16.5. The van der Waals surface area contributed by atoms with Crippen LogP contribution in [0.2, 0.25) is 0 Å². The maximum Gasteiger partial charge on any atom is 0.137 e. The van der Waals surface area contributed by atoms with Gasteiger partial charge in [-0.05, 0) is 49.7 Å². The van der Waals surface area contributed by atoms with Crippen LogP contribution in [0.4, 0.5) is 0 Å². The van der Waals surface area contributed by atoms with E-state index >= 15 is 0 Å². The van der Waals surface area contributed by atoms with Crippen molar-refractivity contribution in [3.8, 4) is 17.0 Å². The standard InChI is InChI=1S/C17H18N2O2/c1-11-4-9-15-18-16(17(12(2)20)19(15)10-11)13-5-7-14(21-3)8-6-13/h4-10,12,20H,1-3H3. The molecule has 21 heavy (non-hydrogen) atoms. The Kier molecular flexibility index (Phi) is 3.39. The number of aryl methyl sites for hydroxylation is 1. The van der Waals surface area contributed by atoms with Crippen molar-refractivity contribution in [2.75, 3.05) is 7.11 Å². The zero-order valence-electron chi connectivity index (χ0n) is 12.4. The first kappa shape index (κ1) is 13.6. The summed E-state index contributed by atoms with van der Waals surface area (Å²) >= 11 is 0. The quantitative estimate of drug-likeness (QED) is 0.801. The van der Waals surface area contributed by atoms with Gasteiger partial charge in [0, 0.05) is 11.8 Å². The lowest BCUT2D eigenvalue weighted by Gasteiger charge is -2.09. The van der Waals surface area contributed by atoms with Gasteiger partial charge in [-0.15, -0.1) is 0 Å². The van der Waals surface area contributed by atoms with Gasteiger partial charge in [0.25, 0.3) is 0 Å². The van der Waals surface area contributed by atoms with Crippen LogP contribution in [-0.4, -0.2) is 21.6 Å². The second kappa shape index (κ2) is 5.22. The number of methoxy groups -OCH3 is 1. The summed E-state index contributed by atoms with van der Waals surface area (Å²) in [6.45, 7) is 3.79. The number of rotatable bonds is 3. The summed E-state index contributed by atoms with van der Waals surface area (Å²) < 4.78 is 7.14. The molecule has 4 heteroatoms. The molecule has 3 aromatic rings. The number of pyridine rings is 1. The zero-order valence-corrected chi connectivity index (χ0v) is 12.4. The van der Waals surface area contributed by atoms with Gasteiger partial charge in [-0.2, -0.15) is 0 Å². The minimum atomic E-state index is -0.598. The predicted molar refractivity (Wildman–Crippen MR) is 82.6 cm³/mol. The van der Waals surface area contributed by atoms with E-state index in [1.807, 2.05) is 53.9 Å². The maximum absolute atomic E-state index is 10.2. The molecule has 0 aliphatic carbocycles. The van der Waals surface area contributed by atoms with Crippen molar-refractivity contribution in [3.63, 3.8) is 0 Å². The van der Waals surface area contributed by atoms with Crippen LogP contribution in [0.1, 0.15) is 24.3 Å². The van der Waals surface area contributed by atoms with E-state index in [4.69, 9.17) is 4.74 Å². The van der Waals surface area contributed by atoms with Crippen LogP contribution >= 0.6 is 0 Å². The Morgan fingerprint density at radius 1 is 1.14 bits per heavy atom. The number of aromatic nitrogens is 2. The van der Waals surface area contributed by atoms with Crippen molar-refractivity contribution < 1.29 is 9.84 Å². The van der Waals surface area contributed by atoms with Gasteiger partial charge in [0.05, 0.1) is 24.6 Å². The molecule has 1 unspecified atom stereocenters. The lowest BCUT2D eigenvalue weighted by molar-refractivity contribution is 0.194. The van der Waals surface area contributed by atoms with E-state index in [0.29, 0.717) is 0 Å². The first-order valence-electron chi connectivity index (χ1n) is 6.91. The minimum Gasteiger partial charge on any atom is -0.497 e. The average Bonchev–Trinajstić information content (AvgIpc) is 2.86. The number of aliphatic hydroxyl groups is 1. The van der Waals surface area contributed by atoms with E-state index < -0.39 is 6.10 Å². The normalized spacial score (nSPS) is 12.6. The molecule has 0 radical (unpaired) electrons. The lowest BCUT2D eigenvalue weighted by atomic mass is 10.1. The van der Waals surface area contributed by atoms with Crippen LogP contribution in [0.3, 0.4) is 0 Å². The molecule has 0 saturated carbocycles. The Hall–Kier alpha value is -2.33. The molecular weight excluding hydrogens is 264 g/mol. The first-order valence-corrected chi connectivity index (χ1v) is 6.91. The van der Waals surface area contributed by atoms with Crippen molar-refractivity contribution >= 4 is 5.65 Å². The molecule has 1 atom stereocenters. The van der Waals surface area contributed by atoms with Crippen LogP contribution in [0.5, 0.6) is 5.75 Å². The SMILES string of the molecule is COc1ccc(-c2nc3ccc(C)cn3c2C(C)O)cc1. The number of hydrogen-bond acceptors (Lipinski definition) is 3. The molecule has 2 aromatic heterocycles. The fourth-order valence-electron chi connectivity index (χ4n) is 2.53. The van der Waals surface area contributed by atoms with Crippen molar-refractivity contribution in [2.24, 2.45) is 0 Å². The Bertz CT molecular complexity index is 773. The van der Waals surface area contributed by atoms with Crippen LogP contribution < -0.4 is 4.74 Å². The third-order valence-electron chi connectivity index (χ3n) is 3.56. The summed E-state index contributed by atoms with van der Waals surface area (Å²) in [4.78, 5) is 4.66. The molecule has 0 bridgehead atoms. The van der Waals surface area contributed by atoms with Gasteiger partial charge in [-0.25, -0.2) is 4.98 Å². The Labute approximate surface area is 123 Å². The maximum atomic E-state index is 10.2. The Morgan fingerprint density at radius 2 is 1.86 bits per heavy atom. The number of aliphatic hydroxyl groups excluding tert-OH is 1. The van der Waals surface area contributed by atoms with E-state index in [2.05, 4.69) is 4.98 Å². The van der Waals surface area contributed by atoms with E-state index in [9.17, 15) is 5.11 Å². The molecule has 1 aromatic carbocycles. The summed E-state index contributed by atoms with van der Waals surface area (Å²) in [5.74, 6) is 0.803. The summed E-state index contributed by atoms with van der Waals surface area (Å²) in [6.07, 6.45) is 1.40. The number of fused-ring (bicyclic) bond motifs is 1. The summed E-state index contributed by atoms with van der Waals surface area (Å²) in [7, 11) is 1.64. The molecule has 0 fully saturated rings. The fourth-order valence-corrected chi connectivity index (χ4v) is 2.53. The molecule has 108 valence electrons. The molecule has 0 aliphatic heterocycles. The summed E-state index contributed by atoms with van der Waals surface area (Å²) in [5.41, 5.74) is 4.54. The number of benzene rings is 1. The van der Waals surface area contributed by atoms with Gasteiger partial charge in [0.1, 0.15) is 11.4 Å². The average molecular weight is 282 g/mol. The highest BCUT2D eigenvalue weighted by molar-refractivity contribution is 5.67. The van der Waals surface area contributed by atoms with E-state index in [-0.39, 0.29) is 0 Å². The van der Waals surface area contributed by atoms with Gasteiger partial charge < -0.3 is 14.2 Å². The number of hydrogen-bond donors (Lipinski definition) is 1. The molecule has 4 nitrogen and oxygen atoms in total. The largest absolute Gasteiger partial charge is 0.497 e. The number of nitrogens with zero attached hydrogens (tertiary/aromatic N) is 2. The van der Waals surface area contributed by atoms with E-state index in [1.165, 1.54) is 0 Å². The topological polar surface area (TPSA) is 46.8 Å². The summed E-state index contributed by atoms with van der Waals surface area (Å²) in [6, 6.07) is 11.7. The van der Waals surface area contributed by atoms with Crippen LogP contribution in [0.15, 0.2) is 42.6 Å². The van der Waals surface area contributed by atoms with Crippen molar-refractivity contribution in [1.29, 1.82) is 0 Å². The van der Waals surface area contributed by atoms with Crippen LogP contribution in [0, 0.1) is 6.92 Å². The third-order valence-corrected chi connectivity index (χ3v) is 3.56. The molecular formula is C17H18N2O2. The molecule has 0 amide bonds. The molecule has 2 heterocycles. The highest BCUT2D eigenvalue weighted by Gasteiger charge is 2.17. The minimum absolute atomic E-state index is 0.598. The fraction of sp³-hybridized carbons (Fsp3) is 0.235. The molecule has 0 aliphatic rings. The third kappa shape index (κ3) is 2.38. The smallest absolute Gasteiger partial charge is 0.137 e. The van der Waals surface area contributed by atoms with E-state index in [0.717, 1.165) is 33.9 Å². The van der Waals surface area contributed by atoms with Crippen LogP contribution in [-0.2, 0) is 0 Å². The van der Waals surface area contributed by atoms with Gasteiger partial charge in [0.2, 0.25) is 0 Å². The van der Waals surface area contributed by atoms with Gasteiger partial charge in [0.15, 0.2) is 0 Å². The Morgan fingerprint density at radius 3 is 2.48 bits per heavy atom. The number of ether oxygens (including phenoxy) is 1. The molecule has 0 saturated heterocycles. The molecule has 3 rings (SSSR count). The van der Waals surface area contributed by atoms with Crippen molar-refractivity contribution in [2.45, 2.75) is 20.0 Å². The second-order valence-corrected chi connectivity index (χ2v) is 5.18. The monoisotopic (exact) mass is 282 g/mol. The van der Waals surface area contributed by atoms with Crippen molar-refractivity contribution in [1.82, 2.24) is 9.38 Å². The van der Waals surface area contributed by atoms with Gasteiger partial charge in [-0.3, -0.25) is 0 Å². The van der Waals surface area contributed by atoms with Crippen molar-refractivity contribution in [3.05, 3.63) is 53.9 Å². The molecule has 1 N–H and O–H groups in total. The zero-order chi connectivity index (χ0) is 15.0.